The molecule has 21 heavy (non-hydrogen) atoms. The van der Waals surface area contributed by atoms with Crippen molar-refractivity contribution in [2.24, 2.45) is 0 Å². The highest BCUT2D eigenvalue weighted by Gasteiger charge is 2.10. The number of anilines is 1. The molecule has 1 N–H and O–H groups in total. The van der Waals surface area contributed by atoms with Gasteiger partial charge in [0.05, 0.1) is 25.6 Å². The molecule has 0 saturated carbocycles. The topological polar surface area (TPSA) is 73.6 Å². The maximum atomic E-state index is 12.0. The van der Waals surface area contributed by atoms with E-state index in [4.69, 9.17) is 13.9 Å². The molecule has 0 radical (unpaired) electrons. The average Bonchev–Trinajstić information content (AvgIpc) is 2.91. The van der Waals surface area contributed by atoms with Crippen LogP contribution < -0.4 is 14.8 Å². The first kappa shape index (κ1) is 14.9. The van der Waals surface area contributed by atoms with E-state index >= 15 is 0 Å². The lowest BCUT2D eigenvalue weighted by Gasteiger charge is -2.11. The first-order valence-corrected chi connectivity index (χ1v) is 6.55. The van der Waals surface area contributed by atoms with E-state index in [1.54, 1.807) is 45.6 Å². The highest BCUT2D eigenvalue weighted by atomic mass is 16.5. The van der Waals surface area contributed by atoms with Crippen LogP contribution in [0.4, 0.5) is 5.69 Å². The summed E-state index contributed by atoms with van der Waals surface area (Å²) < 4.78 is 15.4. The van der Waals surface area contributed by atoms with Crippen LogP contribution in [0.25, 0.3) is 0 Å². The molecule has 0 saturated heterocycles. The van der Waals surface area contributed by atoms with Crippen LogP contribution in [0, 0.1) is 6.92 Å². The Balaban J connectivity index is 1.95. The zero-order valence-corrected chi connectivity index (χ0v) is 12.3. The largest absolute Gasteiger partial charge is 0.497 e. The summed E-state index contributed by atoms with van der Waals surface area (Å²) in [6.45, 7) is 1.77. The Morgan fingerprint density at radius 2 is 2.14 bits per heavy atom. The van der Waals surface area contributed by atoms with Gasteiger partial charge in [-0.15, -0.1) is 0 Å². The number of benzene rings is 1. The molecule has 0 spiro atoms. The fourth-order valence-electron chi connectivity index (χ4n) is 1.88. The average molecular weight is 290 g/mol. The standard InChI is InChI=1S/C15H18N2O4/c1-10-16-11(9-21-10)4-7-15(18)17-13-6-5-12(19-2)8-14(13)20-3/h5-6,8-9H,4,7H2,1-3H3,(H,17,18). The monoisotopic (exact) mass is 290 g/mol. The number of aryl methyl sites for hydroxylation is 2. The number of rotatable bonds is 6. The number of hydrogen-bond donors (Lipinski definition) is 1. The lowest BCUT2D eigenvalue weighted by molar-refractivity contribution is -0.116. The van der Waals surface area contributed by atoms with Crippen LogP contribution in [0.15, 0.2) is 28.9 Å². The van der Waals surface area contributed by atoms with E-state index in [0.29, 0.717) is 35.9 Å². The lowest BCUT2D eigenvalue weighted by atomic mass is 10.2. The summed E-state index contributed by atoms with van der Waals surface area (Å²) in [7, 11) is 3.12. The van der Waals surface area contributed by atoms with E-state index in [0.717, 1.165) is 5.69 Å². The maximum Gasteiger partial charge on any atom is 0.224 e. The van der Waals surface area contributed by atoms with Gasteiger partial charge in [0.25, 0.3) is 0 Å². The zero-order chi connectivity index (χ0) is 15.2. The predicted octanol–water partition coefficient (Wildman–Crippen LogP) is 2.57. The summed E-state index contributed by atoms with van der Waals surface area (Å²) in [5, 5.41) is 2.81. The van der Waals surface area contributed by atoms with Gasteiger partial charge < -0.3 is 19.2 Å². The number of oxazole rings is 1. The summed E-state index contributed by atoms with van der Waals surface area (Å²) in [6, 6.07) is 5.23. The molecule has 2 rings (SSSR count). The van der Waals surface area contributed by atoms with Crippen molar-refractivity contribution >= 4 is 11.6 Å². The number of amides is 1. The van der Waals surface area contributed by atoms with Gasteiger partial charge in [0.15, 0.2) is 5.89 Å². The van der Waals surface area contributed by atoms with Gasteiger partial charge >= 0.3 is 0 Å². The summed E-state index contributed by atoms with van der Waals surface area (Å²) in [6.07, 6.45) is 2.42. The van der Waals surface area contributed by atoms with Gasteiger partial charge in [-0.1, -0.05) is 0 Å². The second kappa shape index (κ2) is 6.78. The van der Waals surface area contributed by atoms with Crippen molar-refractivity contribution in [1.29, 1.82) is 0 Å². The van der Waals surface area contributed by atoms with Crippen molar-refractivity contribution in [1.82, 2.24) is 4.98 Å². The van der Waals surface area contributed by atoms with Crippen LogP contribution in [0.3, 0.4) is 0 Å². The Morgan fingerprint density at radius 3 is 2.76 bits per heavy atom. The van der Waals surface area contributed by atoms with Crippen molar-refractivity contribution in [2.45, 2.75) is 19.8 Å². The molecule has 0 fully saturated rings. The van der Waals surface area contributed by atoms with E-state index < -0.39 is 0 Å². The first-order valence-electron chi connectivity index (χ1n) is 6.55. The van der Waals surface area contributed by atoms with Gasteiger partial charge in [-0.2, -0.15) is 0 Å². The van der Waals surface area contributed by atoms with E-state index in [-0.39, 0.29) is 5.91 Å². The van der Waals surface area contributed by atoms with Crippen molar-refractivity contribution in [3.05, 3.63) is 36.0 Å². The molecule has 6 nitrogen and oxygen atoms in total. The van der Waals surface area contributed by atoms with Gasteiger partial charge in [0.1, 0.15) is 17.8 Å². The zero-order valence-electron chi connectivity index (χ0n) is 12.3. The number of nitrogens with one attached hydrogen (secondary N) is 1. The van der Waals surface area contributed by atoms with Gasteiger partial charge in [-0.05, 0) is 12.1 Å². The molecule has 1 aromatic carbocycles. The first-order chi connectivity index (χ1) is 10.1. The minimum atomic E-state index is -0.112. The SMILES string of the molecule is COc1ccc(NC(=O)CCc2coc(C)n2)c(OC)c1. The predicted molar refractivity (Wildman–Crippen MR) is 77.7 cm³/mol. The Kier molecular flexibility index (Phi) is 4.81. The fourth-order valence-corrected chi connectivity index (χ4v) is 1.88. The Bertz CT molecular complexity index is 622. The fraction of sp³-hybridized carbons (Fsp3) is 0.333. The summed E-state index contributed by atoms with van der Waals surface area (Å²) >= 11 is 0. The normalized spacial score (nSPS) is 10.2. The van der Waals surface area contributed by atoms with Crippen molar-refractivity contribution in [3.63, 3.8) is 0 Å². The van der Waals surface area contributed by atoms with Gasteiger partial charge in [-0.3, -0.25) is 4.79 Å². The molecule has 0 aliphatic heterocycles. The van der Waals surface area contributed by atoms with E-state index in [2.05, 4.69) is 10.3 Å². The van der Waals surface area contributed by atoms with Gasteiger partial charge in [0.2, 0.25) is 5.91 Å². The highest BCUT2D eigenvalue weighted by Crippen LogP contribution is 2.29. The van der Waals surface area contributed by atoms with Crippen molar-refractivity contribution in [2.75, 3.05) is 19.5 Å². The molecular formula is C15H18N2O4. The van der Waals surface area contributed by atoms with Gasteiger partial charge in [0, 0.05) is 25.8 Å². The minimum Gasteiger partial charge on any atom is -0.497 e. The van der Waals surface area contributed by atoms with Crippen LogP contribution in [0.5, 0.6) is 11.5 Å². The number of carbonyl (C=O) groups is 1. The number of hydrogen-bond acceptors (Lipinski definition) is 5. The van der Waals surface area contributed by atoms with Crippen molar-refractivity contribution in [3.8, 4) is 11.5 Å². The molecule has 1 heterocycles. The molecule has 0 unspecified atom stereocenters. The molecular weight excluding hydrogens is 272 g/mol. The maximum absolute atomic E-state index is 12.0. The molecule has 6 heteroatoms. The molecule has 0 atom stereocenters. The molecule has 0 aliphatic rings. The van der Waals surface area contributed by atoms with Crippen LogP contribution in [0.2, 0.25) is 0 Å². The number of methoxy groups -OCH3 is 2. The van der Waals surface area contributed by atoms with E-state index in [9.17, 15) is 4.79 Å². The molecule has 0 aliphatic carbocycles. The summed E-state index contributed by atoms with van der Waals surface area (Å²) in [5.41, 5.74) is 1.38. The third-order valence-corrected chi connectivity index (χ3v) is 2.96. The van der Waals surface area contributed by atoms with Crippen molar-refractivity contribution < 1.29 is 18.7 Å². The third kappa shape index (κ3) is 3.98. The molecule has 0 bridgehead atoms. The molecule has 1 aromatic heterocycles. The lowest BCUT2D eigenvalue weighted by Crippen LogP contribution is -2.13. The minimum absolute atomic E-state index is 0.112. The molecule has 1 amide bonds. The smallest absolute Gasteiger partial charge is 0.224 e. The number of carbonyl (C=O) groups excluding carboxylic acids is 1. The highest BCUT2D eigenvalue weighted by molar-refractivity contribution is 5.92. The number of ether oxygens (including phenoxy) is 2. The van der Waals surface area contributed by atoms with Crippen LogP contribution >= 0.6 is 0 Å². The Morgan fingerprint density at radius 1 is 1.33 bits per heavy atom. The van der Waals surface area contributed by atoms with E-state index in [1.165, 1.54) is 0 Å². The Labute approximate surface area is 123 Å². The van der Waals surface area contributed by atoms with Gasteiger partial charge in [-0.25, -0.2) is 4.98 Å². The van der Waals surface area contributed by atoms with E-state index in [1.807, 2.05) is 0 Å². The number of aromatic nitrogens is 1. The van der Waals surface area contributed by atoms with Crippen LogP contribution in [-0.2, 0) is 11.2 Å². The molecule has 2 aromatic rings. The second-order valence-corrected chi connectivity index (χ2v) is 4.47. The quantitative estimate of drug-likeness (QED) is 0.885. The second-order valence-electron chi connectivity index (χ2n) is 4.47. The Hall–Kier alpha value is -2.50. The van der Waals surface area contributed by atoms with Crippen LogP contribution in [0.1, 0.15) is 18.0 Å². The third-order valence-electron chi connectivity index (χ3n) is 2.96. The van der Waals surface area contributed by atoms with Crippen LogP contribution in [-0.4, -0.2) is 25.1 Å². The molecule has 112 valence electrons. The summed E-state index contributed by atoms with van der Waals surface area (Å²) in [5.74, 6) is 1.71. The number of nitrogens with zero attached hydrogens (tertiary/aromatic N) is 1. The summed E-state index contributed by atoms with van der Waals surface area (Å²) in [4.78, 5) is 16.1.